The number of benzene rings is 1. The molecule has 1 amide bonds. The van der Waals surface area contributed by atoms with E-state index in [-0.39, 0.29) is 6.61 Å². The molecule has 138 valence electrons. The SMILES string of the molecule is Cc1ccc(CO)cc1Nc1ncc2c(n1)-c1c(c(C(N)=O)nn1C)CC2. The van der Waals surface area contributed by atoms with Crippen LogP contribution in [0.2, 0.25) is 0 Å². The van der Waals surface area contributed by atoms with Gasteiger partial charge in [-0.25, -0.2) is 9.97 Å². The first-order valence-corrected chi connectivity index (χ1v) is 8.67. The van der Waals surface area contributed by atoms with Gasteiger partial charge in [-0.05, 0) is 42.5 Å². The van der Waals surface area contributed by atoms with Crippen LogP contribution < -0.4 is 11.1 Å². The van der Waals surface area contributed by atoms with E-state index in [4.69, 9.17) is 5.73 Å². The van der Waals surface area contributed by atoms with Crippen LogP contribution >= 0.6 is 0 Å². The highest BCUT2D eigenvalue weighted by Gasteiger charge is 2.28. The first-order valence-electron chi connectivity index (χ1n) is 8.67. The van der Waals surface area contributed by atoms with Gasteiger partial charge in [-0.15, -0.1) is 0 Å². The standard InChI is InChI=1S/C19H20N6O2/c1-10-3-4-11(9-26)7-14(10)22-19-21-8-12-5-6-13-16(18(20)27)24-25(2)17(13)15(12)23-19/h3-4,7-8,26H,5-6,9H2,1-2H3,(H2,20,27)(H,21,22,23). The summed E-state index contributed by atoms with van der Waals surface area (Å²) in [5, 5.41) is 16.9. The second-order valence-electron chi connectivity index (χ2n) is 6.66. The van der Waals surface area contributed by atoms with Crippen LogP contribution in [0.4, 0.5) is 11.6 Å². The van der Waals surface area contributed by atoms with Crippen LogP contribution in [0, 0.1) is 6.92 Å². The fourth-order valence-electron chi connectivity index (χ4n) is 3.44. The summed E-state index contributed by atoms with van der Waals surface area (Å²) in [6, 6.07) is 5.69. The van der Waals surface area contributed by atoms with Gasteiger partial charge < -0.3 is 16.2 Å². The van der Waals surface area contributed by atoms with E-state index in [1.807, 2.05) is 25.1 Å². The quantitative estimate of drug-likeness (QED) is 0.647. The van der Waals surface area contributed by atoms with Crippen LogP contribution in [0.3, 0.4) is 0 Å². The Morgan fingerprint density at radius 2 is 2.19 bits per heavy atom. The molecule has 1 aliphatic carbocycles. The Bertz CT molecular complexity index is 1060. The highest BCUT2D eigenvalue weighted by atomic mass is 16.3. The predicted molar refractivity (Wildman–Crippen MR) is 101 cm³/mol. The largest absolute Gasteiger partial charge is 0.392 e. The second-order valence-corrected chi connectivity index (χ2v) is 6.66. The number of carbonyl (C=O) groups excluding carboxylic acids is 1. The Balaban J connectivity index is 1.76. The average molecular weight is 364 g/mol. The molecule has 4 rings (SSSR count). The Labute approximate surface area is 156 Å². The van der Waals surface area contributed by atoms with Crippen LogP contribution in [-0.4, -0.2) is 30.8 Å². The fraction of sp³-hybridized carbons (Fsp3) is 0.263. The molecular weight excluding hydrogens is 344 g/mol. The molecule has 1 aromatic carbocycles. The lowest BCUT2D eigenvalue weighted by atomic mass is 9.93. The van der Waals surface area contributed by atoms with Crippen molar-refractivity contribution in [3.63, 3.8) is 0 Å². The van der Waals surface area contributed by atoms with Crippen molar-refractivity contribution in [2.45, 2.75) is 26.4 Å². The summed E-state index contributed by atoms with van der Waals surface area (Å²) in [4.78, 5) is 20.8. The average Bonchev–Trinajstić information content (AvgIpc) is 3.01. The Morgan fingerprint density at radius 1 is 1.37 bits per heavy atom. The topological polar surface area (TPSA) is 119 Å². The van der Waals surface area contributed by atoms with E-state index in [1.165, 1.54) is 0 Å². The van der Waals surface area contributed by atoms with Gasteiger partial charge in [0.05, 0.1) is 18.0 Å². The van der Waals surface area contributed by atoms with Gasteiger partial charge in [0, 0.05) is 24.5 Å². The van der Waals surface area contributed by atoms with Gasteiger partial charge in [-0.2, -0.15) is 5.10 Å². The molecule has 0 saturated carbocycles. The molecule has 0 saturated heterocycles. The minimum Gasteiger partial charge on any atom is -0.392 e. The van der Waals surface area contributed by atoms with E-state index in [0.717, 1.165) is 45.7 Å². The Hall–Kier alpha value is -3.26. The van der Waals surface area contributed by atoms with E-state index < -0.39 is 5.91 Å². The van der Waals surface area contributed by atoms with Crippen molar-refractivity contribution in [3.8, 4) is 11.4 Å². The minimum atomic E-state index is -0.529. The van der Waals surface area contributed by atoms with Gasteiger partial charge >= 0.3 is 0 Å². The van der Waals surface area contributed by atoms with E-state index in [9.17, 15) is 9.90 Å². The second kappa shape index (κ2) is 6.48. The molecule has 1 aliphatic rings. The summed E-state index contributed by atoms with van der Waals surface area (Å²) in [6.45, 7) is 1.94. The van der Waals surface area contributed by atoms with Gasteiger partial charge in [-0.3, -0.25) is 9.48 Å². The highest BCUT2D eigenvalue weighted by Crippen LogP contribution is 2.34. The monoisotopic (exact) mass is 364 g/mol. The maximum atomic E-state index is 11.7. The molecule has 8 heteroatoms. The number of fused-ring (bicyclic) bond motifs is 3. The molecule has 27 heavy (non-hydrogen) atoms. The number of nitrogens with two attached hydrogens (primary N) is 1. The summed E-state index contributed by atoms with van der Waals surface area (Å²) < 4.78 is 1.65. The van der Waals surface area contributed by atoms with Crippen LogP contribution in [-0.2, 0) is 26.5 Å². The zero-order chi connectivity index (χ0) is 19.1. The summed E-state index contributed by atoms with van der Waals surface area (Å²) in [5.74, 6) is -0.0826. The van der Waals surface area contributed by atoms with E-state index in [0.29, 0.717) is 18.1 Å². The molecular formula is C19H20N6O2. The number of hydrogen-bond donors (Lipinski definition) is 3. The van der Waals surface area contributed by atoms with Crippen molar-refractivity contribution >= 4 is 17.5 Å². The number of rotatable bonds is 4. The van der Waals surface area contributed by atoms with Crippen molar-refractivity contribution in [2.24, 2.45) is 12.8 Å². The number of nitrogens with one attached hydrogen (secondary N) is 1. The number of nitrogens with zero attached hydrogens (tertiary/aromatic N) is 4. The van der Waals surface area contributed by atoms with Gasteiger partial charge in [-0.1, -0.05) is 12.1 Å². The lowest BCUT2D eigenvalue weighted by Crippen LogP contribution is -2.16. The molecule has 0 spiro atoms. The maximum Gasteiger partial charge on any atom is 0.269 e. The van der Waals surface area contributed by atoms with Crippen LogP contribution in [0.25, 0.3) is 11.4 Å². The molecule has 0 bridgehead atoms. The molecule has 3 aromatic rings. The van der Waals surface area contributed by atoms with Crippen molar-refractivity contribution in [3.05, 3.63) is 52.3 Å². The van der Waals surface area contributed by atoms with Crippen LogP contribution in [0.15, 0.2) is 24.4 Å². The molecule has 0 atom stereocenters. The van der Waals surface area contributed by atoms with Crippen molar-refractivity contribution in [1.82, 2.24) is 19.7 Å². The normalized spacial score (nSPS) is 12.4. The Kier molecular flexibility index (Phi) is 4.12. The van der Waals surface area contributed by atoms with E-state index in [1.54, 1.807) is 17.9 Å². The number of carbonyl (C=O) groups is 1. The maximum absolute atomic E-state index is 11.7. The number of aromatic nitrogens is 4. The van der Waals surface area contributed by atoms with Gasteiger partial charge in [0.2, 0.25) is 5.95 Å². The predicted octanol–water partition coefficient (Wildman–Crippen LogP) is 1.62. The van der Waals surface area contributed by atoms with Crippen molar-refractivity contribution in [2.75, 3.05) is 5.32 Å². The lowest BCUT2D eigenvalue weighted by molar-refractivity contribution is 0.0994. The van der Waals surface area contributed by atoms with Gasteiger partial charge in [0.25, 0.3) is 5.91 Å². The molecule has 2 heterocycles. The van der Waals surface area contributed by atoms with E-state index >= 15 is 0 Å². The molecule has 0 radical (unpaired) electrons. The molecule has 8 nitrogen and oxygen atoms in total. The number of hydrogen-bond acceptors (Lipinski definition) is 6. The number of aliphatic hydroxyl groups is 1. The third-order valence-corrected chi connectivity index (χ3v) is 4.84. The van der Waals surface area contributed by atoms with Crippen LogP contribution in [0.1, 0.15) is 32.7 Å². The summed E-state index contributed by atoms with van der Waals surface area (Å²) in [6.07, 6.45) is 3.21. The van der Waals surface area contributed by atoms with Crippen molar-refractivity contribution < 1.29 is 9.90 Å². The molecule has 0 fully saturated rings. The number of aryl methyl sites for hydroxylation is 3. The zero-order valence-electron chi connectivity index (χ0n) is 15.2. The minimum absolute atomic E-state index is 0.0335. The van der Waals surface area contributed by atoms with Gasteiger partial charge in [0.1, 0.15) is 0 Å². The summed E-state index contributed by atoms with van der Waals surface area (Å²) in [5.41, 5.74) is 11.8. The highest BCUT2D eigenvalue weighted by molar-refractivity contribution is 5.94. The summed E-state index contributed by atoms with van der Waals surface area (Å²) >= 11 is 0. The number of amides is 1. The number of anilines is 2. The molecule has 4 N–H and O–H groups in total. The third-order valence-electron chi connectivity index (χ3n) is 4.84. The first-order chi connectivity index (χ1) is 13.0. The molecule has 2 aromatic heterocycles. The summed E-state index contributed by atoms with van der Waals surface area (Å²) in [7, 11) is 1.78. The van der Waals surface area contributed by atoms with E-state index in [2.05, 4.69) is 20.4 Å². The third kappa shape index (κ3) is 2.93. The Morgan fingerprint density at radius 3 is 2.93 bits per heavy atom. The fourth-order valence-corrected chi connectivity index (χ4v) is 3.44. The number of primary amides is 1. The first kappa shape index (κ1) is 17.2. The lowest BCUT2D eigenvalue weighted by Gasteiger charge is -2.18. The smallest absolute Gasteiger partial charge is 0.269 e. The number of aliphatic hydroxyl groups excluding tert-OH is 1. The molecule has 0 unspecified atom stereocenters. The molecule has 0 aliphatic heterocycles. The zero-order valence-corrected chi connectivity index (χ0v) is 15.2. The van der Waals surface area contributed by atoms with Crippen molar-refractivity contribution in [1.29, 1.82) is 0 Å². The van der Waals surface area contributed by atoms with Crippen LogP contribution in [0.5, 0.6) is 0 Å². The van der Waals surface area contributed by atoms with Gasteiger partial charge in [0.15, 0.2) is 5.69 Å².